The second-order valence-corrected chi connectivity index (χ2v) is 6.80. The van der Waals surface area contributed by atoms with Crippen molar-refractivity contribution >= 4 is 33.1 Å². The summed E-state index contributed by atoms with van der Waals surface area (Å²) in [5, 5.41) is 7.29. The van der Waals surface area contributed by atoms with Crippen molar-refractivity contribution in [2.45, 2.75) is 0 Å². The molecule has 0 spiro atoms. The summed E-state index contributed by atoms with van der Waals surface area (Å²) in [4.78, 5) is 36.0. The molecule has 0 saturated heterocycles. The van der Waals surface area contributed by atoms with Crippen molar-refractivity contribution in [2.75, 3.05) is 0 Å². The van der Waals surface area contributed by atoms with E-state index in [1.54, 1.807) is 24.4 Å². The van der Waals surface area contributed by atoms with Crippen molar-refractivity contribution in [1.29, 1.82) is 0 Å². The molecular formula is C24H16N4O2. The zero-order chi connectivity index (χ0) is 20.5. The minimum atomic E-state index is -0.295. The largest absolute Gasteiger partial charge is 0.308 e. The van der Waals surface area contributed by atoms with Crippen LogP contribution in [0, 0.1) is 0 Å². The minimum absolute atomic E-state index is 0.219. The highest BCUT2D eigenvalue weighted by molar-refractivity contribution is 5.95. The van der Waals surface area contributed by atoms with Crippen LogP contribution < -0.4 is 21.6 Å². The van der Waals surface area contributed by atoms with Crippen molar-refractivity contribution in [3.8, 4) is 0 Å². The van der Waals surface area contributed by atoms with Crippen LogP contribution in [0.15, 0.2) is 105 Å². The van der Waals surface area contributed by atoms with Gasteiger partial charge in [0.1, 0.15) is 5.52 Å². The van der Waals surface area contributed by atoms with Crippen molar-refractivity contribution in [2.24, 2.45) is 9.98 Å². The number of nitrogens with one attached hydrogen (secondary N) is 2. The van der Waals surface area contributed by atoms with Gasteiger partial charge in [-0.3, -0.25) is 14.7 Å². The highest BCUT2D eigenvalue weighted by Crippen LogP contribution is 2.12. The first-order chi connectivity index (χ1) is 14.7. The van der Waals surface area contributed by atoms with Gasteiger partial charge in [0.2, 0.25) is 5.43 Å². The Morgan fingerprint density at radius 1 is 0.600 bits per heavy atom. The Morgan fingerprint density at radius 2 is 1.13 bits per heavy atom. The molecule has 0 atom stereocenters. The normalized spacial score (nSPS) is 12.7. The molecule has 1 aromatic heterocycles. The first-order valence-corrected chi connectivity index (χ1v) is 9.45. The molecule has 2 N–H and O–H groups in total. The summed E-state index contributed by atoms with van der Waals surface area (Å²) < 4.78 is 0. The van der Waals surface area contributed by atoms with Crippen molar-refractivity contribution in [1.82, 2.24) is 10.2 Å². The number of nitrogens with zero attached hydrogens (tertiary/aromatic N) is 2. The van der Waals surface area contributed by atoms with E-state index in [1.165, 1.54) is 0 Å². The predicted octanol–water partition coefficient (Wildman–Crippen LogP) is 3.27. The van der Waals surface area contributed by atoms with Crippen LogP contribution in [0.4, 0.5) is 11.4 Å². The van der Waals surface area contributed by atoms with E-state index in [-0.39, 0.29) is 27.1 Å². The van der Waals surface area contributed by atoms with E-state index in [1.807, 2.05) is 60.7 Å². The number of rotatable bonds is 2. The maximum absolute atomic E-state index is 13.4. The van der Waals surface area contributed by atoms with Gasteiger partial charge in [0.15, 0.2) is 5.43 Å². The zero-order valence-corrected chi connectivity index (χ0v) is 15.8. The Kier molecular flexibility index (Phi) is 4.29. The van der Waals surface area contributed by atoms with Gasteiger partial charge in [0.25, 0.3) is 0 Å². The molecule has 0 aliphatic heterocycles. The van der Waals surface area contributed by atoms with Crippen LogP contribution in [0.5, 0.6) is 0 Å². The van der Waals surface area contributed by atoms with Crippen LogP contribution in [0.3, 0.4) is 0 Å². The number of hydrogen-bond acceptors (Lipinski definition) is 4. The van der Waals surface area contributed by atoms with Crippen molar-refractivity contribution in [3.63, 3.8) is 0 Å². The first kappa shape index (κ1) is 17.8. The van der Waals surface area contributed by atoms with Crippen molar-refractivity contribution < 1.29 is 0 Å². The molecule has 0 fully saturated rings. The number of aromatic amines is 2. The highest BCUT2D eigenvalue weighted by Gasteiger charge is 2.14. The maximum atomic E-state index is 13.4. The van der Waals surface area contributed by atoms with Crippen LogP contribution in [-0.4, -0.2) is 10.2 Å². The third-order valence-electron chi connectivity index (χ3n) is 4.90. The van der Waals surface area contributed by atoms with E-state index < -0.39 is 0 Å². The monoisotopic (exact) mass is 392 g/mol. The zero-order valence-electron chi connectivity index (χ0n) is 15.8. The number of benzene rings is 4. The van der Waals surface area contributed by atoms with Gasteiger partial charge >= 0.3 is 0 Å². The van der Waals surface area contributed by atoms with Gasteiger partial charge in [-0.1, -0.05) is 36.4 Å². The second-order valence-electron chi connectivity index (χ2n) is 6.80. The Labute approximate surface area is 169 Å². The summed E-state index contributed by atoms with van der Waals surface area (Å²) in [5.41, 5.74) is 1.06. The lowest BCUT2D eigenvalue weighted by Crippen LogP contribution is -2.27. The summed E-state index contributed by atoms with van der Waals surface area (Å²) in [6, 6.07) is 23.7. The molecule has 0 aliphatic carbocycles. The number of para-hydroxylation sites is 2. The van der Waals surface area contributed by atoms with Crippen LogP contribution in [0.2, 0.25) is 0 Å². The van der Waals surface area contributed by atoms with E-state index in [9.17, 15) is 9.59 Å². The number of hydrogen-bond donors (Lipinski definition) is 2. The summed E-state index contributed by atoms with van der Waals surface area (Å²) >= 11 is 0. The average molecular weight is 392 g/mol. The Morgan fingerprint density at radius 3 is 1.70 bits per heavy atom. The molecule has 6 heteroatoms. The van der Waals surface area contributed by atoms with Gasteiger partial charge in [0.05, 0.1) is 38.2 Å². The molecule has 144 valence electrons. The molecule has 0 aliphatic rings. The molecule has 0 unspecified atom stereocenters. The highest BCUT2D eigenvalue weighted by atomic mass is 16.1. The van der Waals surface area contributed by atoms with E-state index in [0.717, 1.165) is 0 Å². The van der Waals surface area contributed by atoms with E-state index in [4.69, 9.17) is 0 Å². The quantitative estimate of drug-likeness (QED) is 0.452. The van der Waals surface area contributed by atoms with E-state index >= 15 is 0 Å². The fourth-order valence-electron chi connectivity index (χ4n) is 3.53. The van der Waals surface area contributed by atoms with Gasteiger partial charge in [-0.25, -0.2) is 9.98 Å². The van der Waals surface area contributed by atoms with Crippen LogP contribution >= 0.6 is 0 Å². The van der Waals surface area contributed by atoms with Crippen LogP contribution in [0.1, 0.15) is 0 Å². The molecule has 1 heterocycles. The Balaban J connectivity index is 2.00. The van der Waals surface area contributed by atoms with Gasteiger partial charge in [-0.05, 0) is 42.5 Å². The molecule has 6 nitrogen and oxygen atoms in total. The lowest BCUT2D eigenvalue weighted by molar-refractivity contribution is 1.07. The topological polar surface area (TPSA) is 90.4 Å². The number of fused-ring (bicyclic) bond motifs is 2. The van der Waals surface area contributed by atoms with Gasteiger partial charge in [-0.2, -0.15) is 0 Å². The molecule has 0 amide bonds. The SMILES string of the molecule is O=c1c2cc[nH][nH]c2c(=O)c2c(=Nc3ccccc3)ccc(=Nc3ccccc3)c12. The third kappa shape index (κ3) is 3.00. The maximum Gasteiger partial charge on any atom is 0.214 e. The molecule has 30 heavy (non-hydrogen) atoms. The predicted molar refractivity (Wildman–Crippen MR) is 117 cm³/mol. The molecule has 0 radical (unpaired) electrons. The van der Waals surface area contributed by atoms with Crippen LogP contribution in [-0.2, 0) is 0 Å². The standard InChI is InChI=1S/C24H16N4O2/c29-23-17-13-14-25-28-22(17)24(30)21-19(27-16-9-5-2-6-10-16)12-11-18(20(21)23)26-15-7-3-1-4-8-15/h1-14,25,28H. The fourth-order valence-corrected chi connectivity index (χ4v) is 3.53. The summed E-state index contributed by atoms with van der Waals surface area (Å²) in [7, 11) is 0. The fraction of sp³-hybridized carbons (Fsp3) is 0. The molecular weight excluding hydrogens is 376 g/mol. The second kappa shape index (κ2) is 7.25. The third-order valence-corrected chi connectivity index (χ3v) is 4.90. The molecule has 5 rings (SSSR count). The lowest BCUT2D eigenvalue weighted by atomic mass is 10.0. The smallest absolute Gasteiger partial charge is 0.214 e. The van der Waals surface area contributed by atoms with E-state index in [0.29, 0.717) is 27.5 Å². The Bertz CT molecular complexity index is 1500. The average Bonchev–Trinajstić information content (AvgIpc) is 2.80. The Hall–Kier alpha value is -4.32. The number of aromatic nitrogens is 2. The summed E-state index contributed by atoms with van der Waals surface area (Å²) in [5.74, 6) is 0. The molecule has 0 saturated carbocycles. The van der Waals surface area contributed by atoms with E-state index in [2.05, 4.69) is 20.2 Å². The van der Waals surface area contributed by atoms with Crippen molar-refractivity contribution in [3.05, 3.63) is 116 Å². The number of H-pyrrole nitrogens is 2. The van der Waals surface area contributed by atoms with Gasteiger partial charge < -0.3 is 5.10 Å². The summed E-state index contributed by atoms with van der Waals surface area (Å²) in [6.07, 6.45) is 1.58. The first-order valence-electron chi connectivity index (χ1n) is 9.45. The van der Waals surface area contributed by atoms with Crippen LogP contribution in [0.25, 0.3) is 21.7 Å². The molecule has 5 aromatic rings. The minimum Gasteiger partial charge on any atom is -0.308 e. The lowest BCUT2D eigenvalue weighted by Gasteiger charge is -2.03. The van der Waals surface area contributed by atoms with Gasteiger partial charge in [0, 0.05) is 6.20 Å². The van der Waals surface area contributed by atoms with Gasteiger partial charge in [-0.15, -0.1) is 0 Å². The molecule has 4 aromatic carbocycles. The summed E-state index contributed by atoms with van der Waals surface area (Å²) in [6.45, 7) is 0. The molecule has 0 bridgehead atoms.